The van der Waals surface area contributed by atoms with Crippen molar-refractivity contribution in [2.45, 2.75) is 0 Å². The zero-order valence-electron chi connectivity index (χ0n) is 17.1. The first kappa shape index (κ1) is 21.2. The molecule has 0 saturated heterocycles. The number of rotatable bonds is 5. The predicted molar refractivity (Wildman–Crippen MR) is 118 cm³/mol. The van der Waals surface area contributed by atoms with Crippen LogP contribution in [0, 0.1) is 11.3 Å². The third-order valence-corrected chi connectivity index (χ3v) is 4.68. The second-order valence-electron chi connectivity index (χ2n) is 6.85. The van der Waals surface area contributed by atoms with Crippen molar-refractivity contribution >= 4 is 11.8 Å². The molecule has 1 heterocycles. The molecule has 0 aliphatic heterocycles. The van der Waals surface area contributed by atoms with Crippen molar-refractivity contribution in [3.8, 4) is 34.4 Å². The number of phenolic OH excluding ortho intramolecular Hbond substituents is 1. The Balaban J connectivity index is 1.43. The molecule has 1 aromatic heterocycles. The molecular weight excluding hydrogens is 422 g/mol. The largest absolute Gasteiger partial charge is 0.507 e. The highest BCUT2D eigenvalue weighted by molar-refractivity contribution is 6.01. The molecule has 0 fully saturated rings. The smallest absolute Gasteiger partial charge is 0.306 e. The van der Waals surface area contributed by atoms with Gasteiger partial charge in [-0.3, -0.25) is 20.4 Å². The zero-order chi connectivity index (χ0) is 23.2. The molecular formula is C25H17N3O5. The van der Waals surface area contributed by atoms with Crippen molar-refractivity contribution < 1.29 is 23.8 Å². The number of aromatic hydroxyl groups is 1. The Morgan fingerprint density at radius 1 is 0.879 bits per heavy atom. The van der Waals surface area contributed by atoms with E-state index in [9.17, 15) is 14.7 Å². The minimum Gasteiger partial charge on any atom is -0.507 e. The van der Waals surface area contributed by atoms with Gasteiger partial charge in [-0.15, -0.1) is 0 Å². The van der Waals surface area contributed by atoms with Crippen LogP contribution < -0.4 is 15.6 Å². The zero-order valence-corrected chi connectivity index (χ0v) is 17.1. The fourth-order valence-electron chi connectivity index (χ4n) is 3.05. The predicted octanol–water partition coefficient (Wildman–Crippen LogP) is 4.39. The van der Waals surface area contributed by atoms with E-state index in [1.807, 2.05) is 30.3 Å². The number of amides is 2. The molecule has 8 nitrogen and oxygen atoms in total. The van der Waals surface area contributed by atoms with Crippen molar-refractivity contribution in [1.29, 1.82) is 5.26 Å². The summed E-state index contributed by atoms with van der Waals surface area (Å²) in [7, 11) is 0. The Hall–Kier alpha value is -5.03. The average molecular weight is 439 g/mol. The van der Waals surface area contributed by atoms with E-state index in [4.69, 9.17) is 14.4 Å². The molecule has 4 aromatic rings. The highest BCUT2D eigenvalue weighted by Gasteiger charge is 2.18. The van der Waals surface area contributed by atoms with Crippen LogP contribution in [-0.4, -0.2) is 16.9 Å². The molecule has 0 bridgehead atoms. The number of hydrazine groups is 1. The molecule has 0 aliphatic carbocycles. The lowest BCUT2D eigenvalue weighted by atomic mass is 10.1. The fraction of sp³-hybridized carbons (Fsp3) is 0. The van der Waals surface area contributed by atoms with E-state index in [1.165, 1.54) is 24.5 Å². The van der Waals surface area contributed by atoms with Crippen LogP contribution in [0.25, 0.3) is 11.1 Å². The summed E-state index contributed by atoms with van der Waals surface area (Å²) in [5.41, 5.74) is 5.84. The van der Waals surface area contributed by atoms with Crippen molar-refractivity contribution in [1.82, 2.24) is 10.9 Å². The molecule has 0 spiro atoms. The van der Waals surface area contributed by atoms with E-state index >= 15 is 0 Å². The van der Waals surface area contributed by atoms with E-state index in [0.29, 0.717) is 17.1 Å². The van der Waals surface area contributed by atoms with Crippen molar-refractivity contribution in [3.63, 3.8) is 0 Å². The molecule has 0 radical (unpaired) electrons. The van der Waals surface area contributed by atoms with Gasteiger partial charge in [0, 0.05) is 11.1 Å². The minimum atomic E-state index is -0.660. The van der Waals surface area contributed by atoms with Crippen LogP contribution in [0.3, 0.4) is 0 Å². The van der Waals surface area contributed by atoms with Crippen molar-refractivity contribution in [3.05, 3.63) is 102 Å². The molecule has 0 atom stereocenters. The van der Waals surface area contributed by atoms with Crippen LogP contribution in [0.2, 0.25) is 0 Å². The number of carbonyl (C=O) groups is 2. The van der Waals surface area contributed by atoms with Gasteiger partial charge in [-0.2, -0.15) is 5.26 Å². The van der Waals surface area contributed by atoms with Crippen LogP contribution in [0.1, 0.15) is 26.5 Å². The second-order valence-corrected chi connectivity index (χ2v) is 6.85. The summed E-state index contributed by atoms with van der Waals surface area (Å²) in [4.78, 5) is 24.9. The van der Waals surface area contributed by atoms with E-state index in [-0.39, 0.29) is 22.6 Å². The summed E-state index contributed by atoms with van der Waals surface area (Å²) in [6.45, 7) is 0. The monoisotopic (exact) mass is 439 g/mol. The van der Waals surface area contributed by atoms with Crippen LogP contribution in [0.5, 0.6) is 17.2 Å². The van der Waals surface area contributed by atoms with E-state index in [1.54, 1.807) is 36.4 Å². The van der Waals surface area contributed by atoms with Crippen LogP contribution >= 0.6 is 0 Å². The van der Waals surface area contributed by atoms with Crippen molar-refractivity contribution in [2.75, 3.05) is 0 Å². The van der Waals surface area contributed by atoms with Gasteiger partial charge in [0.2, 0.25) is 5.76 Å². The third kappa shape index (κ3) is 4.84. The van der Waals surface area contributed by atoms with Gasteiger partial charge in [0.05, 0.1) is 11.8 Å². The Morgan fingerprint density at radius 3 is 2.30 bits per heavy atom. The van der Waals surface area contributed by atoms with E-state index in [2.05, 4.69) is 10.9 Å². The Kier molecular flexibility index (Phi) is 6.05. The lowest BCUT2D eigenvalue weighted by Crippen LogP contribution is -2.41. The summed E-state index contributed by atoms with van der Waals surface area (Å²) < 4.78 is 11.1. The molecule has 33 heavy (non-hydrogen) atoms. The minimum absolute atomic E-state index is 0.00967. The molecule has 0 saturated carbocycles. The second kappa shape index (κ2) is 9.41. The average Bonchev–Trinajstić information content (AvgIpc) is 3.34. The van der Waals surface area contributed by atoms with Gasteiger partial charge < -0.3 is 14.3 Å². The van der Waals surface area contributed by atoms with Crippen LogP contribution in [0.15, 0.2) is 89.5 Å². The number of nitriles is 1. The molecule has 162 valence electrons. The number of carbonyl (C=O) groups excluding carboxylic acids is 2. The number of phenols is 1. The van der Waals surface area contributed by atoms with Gasteiger partial charge in [0.15, 0.2) is 0 Å². The lowest BCUT2D eigenvalue weighted by molar-refractivity contribution is 0.0831. The number of nitrogens with one attached hydrogen (secondary N) is 2. The highest BCUT2D eigenvalue weighted by Crippen LogP contribution is 2.28. The first-order valence-corrected chi connectivity index (χ1v) is 9.80. The first-order chi connectivity index (χ1) is 16.0. The maximum Gasteiger partial charge on any atom is 0.306 e. The molecule has 0 aliphatic rings. The van der Waals surface area contributed by atoms with E-state index < -0.39 is 11.8 Å². The van der Waals surface area contributed by atoms with Crippen LogP contribution in [0.4, 0.5) is 0 Å². The SMILES string of the molecule is N#Cc1cc(C(=O)NNC(=O)c2occc2-c2ccc(Oc3ccccc3)cc2)ccc1O. The summed E-state index contributed by atoms with van der Waals surface area (Å²) in [6, 6.07) is 23.7. The number of hydrogen-bond acceptors (Lipinski definition) is 6. The van der Waals surface area contributed by atoms with Gasteiger partial charge in [-0.25, -0.2) is 0 Å². The van der Waals surface area contributed by atoms with Gasteiger partial charge >= 0.3 is 5.91 Å². The fourth-order valence-corrected chi connectivity index (χ4v) is 3.05. The van der Waals surface area contributed by atoms with Gasteiger partial charge in [0.25, 0.3) is 5.91 Å². The maximum atomic E-state index is 12.6. The normalized spacial score (nSPS) is 10.2. The molecule has 0 unspecified atom stereocenters. The number of furan rings is 1. The molecule has 3 aromatic carbocycles. The number of ether oxygens (including phenoxy) is 1. The summed E-state index contributed by atoms with van der Waals surface area (Å²) in [5, 5.41) is 18.5. The quantitative estimate of drug-likeness (QED) is 0.396. The number of hydrogen-bond donors (Lipinski definition) is 3. The molecule has 4 rings (SSSR count). The third-order valence-electron chi connectivity index (χ3n) is 4.68. The summed E-state index contributed by atoms with van der Waals surface area (Å²) in [5.74, 6) is -0.200. The maximum absolute atomic E-state index is 12.6. The van der Waals surface area contributed by atoms with Gasteiger partial charge in [-0.05, 0) is 54.1 Å². The van der Waals surface area contributed by atoms with Crippen LogP contribution in [-0.2, 0) is 0 Å². The lowest BCUT2D eigenvalue weighted by Gasteiger charge is -2.09. The Labute approximate surface area is 188 Å². The summed E-state index contributed by atoms with van der Waals surface area (Å²) in [6.07, 6.45) is 1.37. The molecule has 2 amide bonds. The molecule has 3 N–H and O–H groups in total. The number of nitrogens with zero attached hydrogens (tertiary/aromatic N) is 1. The number of benzene rings is 3. The molecule has 8 heteroatoms. The van der Waals surface area contributed by atoms with E-state index in [0.717, 1.165) is 5.56 Å². The van der Waals surface area contributed by atoms with Crippen molar-refractivity contribution in [2.24, 2.45) is 0 Å². The Bertz CT molecular complexity index is 1340. The highest BCUT2D eigenvalue weighted by atomic mass is 16.5. The topological polar surface area (TPSA) is 125 Å². The summed E-state index contributed by atoms with van der Waals surface area (Å²) >= 11 is 0. The number of para-hydroxylation sites is 1. The first-order valence-electron chi connectivity index (χ1n) is 9.80. The Morgan fingerprint density at radius 2 is 1.58 bits per heavy atom. The van der Waals surface area contributed by atoms with Gasteiger partial charge in [0.1, 0.15) is 23.3 Å². The van der Waals surface area contributed by atoms with Gasteiger partial charge in [-0.1, -0.05) is 30.3 Å². The standard InChI is InChI=1S/C25H17N3O5/c26-15-18-14-17(8-11-22(18)29)24(30)27-28-25(31)23-21(12-13-32-23)16-6-9-20(10-7-16)33-19-4-2-1-3-5-19/h1-14,29H,(H,27,30)(H,28,31).